The van der Waals surface area contributed by atoms with Crippen molar-refractivity contribution in [3.05, 3.63) is 71.3 Å². The van der Waals surface area contributed by atoms with Gasteiger partial charge in [0.15, 0.2) is 11.5 Å². The van der Waals surface area contributed by atoms with Gasteiger partial charge < -0.3 is 14.6 Å². The Hall–Kier alpha value is -3.94. The van der Waals surface area contributed by atoms with Gasteiger partial charge >= 0.3 is 5.97 Å². The monoisotopic (exact) mass is 446 g/mol. The van der Waals surface area contributed by atoms with Crippen molar-refractivity contribution in [2.75, 3.05) is 7.11 Å². The molecule has 8 heteroatoms. The number of carboxylic acid groups (broad SMARTS) is 1. The largest absolute Gasteiger partial charge is 0.493 e. The molecule has 2 aromatic rings. The van der Waals surface area contributed by atoms with E-state index in [0.717, 1.165) is 17.0 Å². The Kier molecular flexibility index (Phi) is 5.20. The molecule has 1 saturated heterocycles. The van der Waals surface area contributed by atoms with Gasteiger partial charge in [0.1, 0.15) is 6.61 Å². The smallest absolute Gasteiger partial charge is 0.335 e. The molecule has 1 aliphatic heterocycles. The first-order valence-corrected chi connectivity index (χ1v) is 10.7. The van der Waals surface area contributed by atoms with Crippen LogP contribution in [0.5, 0.6) is 11.5 Å². The lowest BCUT2D eigenvalue weighted by atomic mass is 9.85. The molecular weight excluding hydrogens is 424 g/mol. The summed E-state index contributed by atoms with van der Waals surface area (Å²) < 4.78 is 11.2. The van der Waals surface area contributed by atoms with Crippen LogP contribution in [0.1, 0.15) is 27.9 Å². The fourth-order valence-corrected chi connectivity index (χ4v) is 4.91. The van der Waals surface area contributed by atoms with Crippen LogP contribution in [0.2, 0.25) is 0 Å². The van der Waals surface area contributed by atoms with Crippen LogP contribution in [0, 0.1) is 23.7 Å². The lowest BCUT2D eigenvalue weighted by Gasteiger charge is -2.13. The minimum atomic E-state index is -0.981. The number of carbonyl (C=O) groups is 3. The van der Waals surface area contributed by atoms with Crippen LogP contribution in [-0.4, -0.2) is 41.2 Å². The zero-order valence-electron chi connectivity index (χ0n) is 17.9. The van der Waals surface area contributed by atoms with Gasteiger partial charge in [-0.15, -0.1) is 0 Å². The third-order valence-electron chi connectivity index (χ3n) is 6.55. The molecule has 0 spiro atoms. The minimum absolute atomic E-state index is 0.147. The van der Waals surface area contributed by atoms with Crippen molar-refractivity contribution in [2.45, 2.75) is 13.0 Å². The van der Waals surface area contributed by atoms with Crippen LogP contribution in [-0.2, 0) is 16.2 Å². The van der Waals surface area contributed by atoms with E-state index >= 15 is 0 Å². The van der Waals surface area contributed by atoms with Gasteiger partial charge in [-0.1, -0.05) is 24.3 Å². The predicted octanol–water partition coefficient (Wildman–Crippen LogP) is 3.11. The van der Waals surface area contributed by atoms with E-state index in [2.05, 4.69) is 5.10 Å². The van der Waals surface area contributed by atoms with E-state index in [0.29, 0.717) is 17.1 Å². The first-order valence-electron chi connectivity index (χ1n) is 10.7. The number of carbonyl (C=O) groups excluding carboxylic acids is 2. The Labute approximate surface area is 190 Å². The first-order chi connectivity index (χ1) is 16.0. The molecule has 2 aliphatic carbocycles. The summed E-state index contributed by atoms with van der Waals surface area (Å²) in [6.45, 7) is 0.236. The second kappa shape index (κ2) is 8.20. The molecule has 33 heavy (non-hydrogen) atoms. The zero-order chi connectivity index (χ0) is 23.1. The van der Waals surface area contributed by atoms with Gasteiger partial charge in [0.05, 0.1) is 30.7 Å². The molecule has 5 rings (SSSR count). The lowest BCUT2D eigenvalue weighted by molar-refractivity contribution is -0.140. The third-order valence-corrected chi connectivity index (χ3v) is 6.55. The molecule has 4 unspecified atom stereocenters. The highest BCUT2D eigenvalue weighted by Gasteiger charge is 2.59. The van der Waals surface area contributed by atoms with E-state index in [1.807, 2.05) is 12.2 Å². The lowest BCUT2D eigenvalue weighted by Crippen LogP contribution is -2.28. The number of methoxy groups -OCH3 is 1. The number of benzene rings is 2. The Balaban J connectivity index is 1.26. The van der Waals surface area contributed by atoms with Crippen LogP contribution >= 0.6 is 0 Å². The number of rotatable bonds is 7. The first kappa shape index (κ1) is 20.9. The maximum atomic E-state index is 12.7. The fraction of sp³-hybridized carbons (Fsp3) is 0.280. The second-order valence-electron chi connectivity index (χ2n) is 8.43. The SMILES string of the molecule is COc1cc(C=NN2C(=O)C3C4C=CC(C4)C3C2=O)ccc1OCc1ccc(C(=O)O)cc1. The number of hydrogen-bond acceptors (Lipinski definition) is 6. The third kappa shape index (κ3) is 3.67. The maximum absolute atomic E-state index is 12.7. The molecule has 0 radical (unpaired) electrons. The van der Waals surface area contributed by atoms with Crippen LogP contribution in [0.4, 0.5) is 0 Å². The van der Waals surface area contributed by atoms with E-state index in [4.69, 9.17) is 14.6 Å². The fourth-order valence-electron chi connectivity index (χ4n) is 4.91. The van der Waals surface area contributed by atoms with Gasteiger partial charge in [0, 0.05) is 0 Å². The van der Waals surface area contributed by atoms with Crippen LogP contribution in [0.25, 0.3) is 0 Å². The van der Waals surface area contributed by atoms with Crippen LogP contribution in [0.3, 0.4) is 0 Å². The highest BCUT2D eigenvalue weighted by Crippen LogP contribution is 2.52. The van der Waals surface area contributed by atoms with Gasteiger partial charge in [-0.05, 0) is 59.7 Å². The van der Waals surface area contributed by atoms with E-state index in [1.165, 1.54) is 25.5 Å². The molecule has 8 nitrogen and oxygen atoms in total. The van der Waals surface area contributed by atoms with Crippen molar-refractivity contribution in [3.8, 4) is 11.5 Å². The van der Waals surface area contributed by atoms with Gasteiger partial charge in [-0.3, -0.25) is 9.59 Å². The summed E-state index contributed by atoms with van der Waals surface area (Å²) in [5.41, 5.74) is 1.68. The predicted molar refractivity (Wildman–Crippen MR) is 118 cm³/mol. The summed E-state index contributed by atoms with van der Waals surface area (Å²) >= 11 is 0. The van der Waals surface area contributed by atoms with Crippen molar-refractivity contribution < 1.29 is 29.0 Å². The molecule has 2 fully saturated rings. The summed E-state index contributed by atoms with van der Waals surface area (Å²) in [7, 11) is 1.52. The number of fused-ring (bicyclic) bond motifs is 5. The number of carboxylic acids is 1. The number of imide groups is 1. The normalized spacial score (nSPS) is 25.2. The molecule has 2 aromatic carbocycles. The van der Waals surface area contributed by atoms with E-state index < -0.39 is 5.97 Å². The number of allylic oxidation sites excluding steroid dienone is 2. The molecular formula is C25H22N2O6. The average molecular weight is 446 g/mol. The summed E-state index contributed by atoms with van der Waals surface area (Å²) in [5, 5.41) is 14.2. The van der Waals surface area contributed by atoms with Crippen molar-refractivity contribution in [3.63, 3.8) is 0 Å². The van der Waals surface area contributed by atoms with Crippen molar-refractivity contribution in [1.82, 2.24) is 5.01 Å². The molecule has 1 N–H and O–H groups in total. The number of hydrazone groups is 1. The van der Waals surface area contributed by atoms with Crippen LogP contribution in [0.15, 0.2) is 59.7 Å². The average Bonchev–Trinajstić information content (AvgIpc) is 3.51. The van der Waals surface area contributed by atoms with E-state index in [-0.39, 0.29) is 47.7 Å². The van der Waals surface area contributed by atoms with Crippen molar-refractivity contribution >= 4 is 24.0 Å². The highest BCUT2D eigenvalue weighted by molar-refractivity contribution is 6.06. The van der Waals surface area contributed by atoms with Gasteiger partial charge in [0.2, 0.25) is 0 Å². The Bertz CT molecular complexity index is 1160. The zero-order valence-corrected chi connectivity index (χ0v) is 17.9. The van der Waals surface area contributed by atoms with E-state index in [1.54, 1.807) is 30.3 Å². The molecule has 2 amide bonds. The summed E-state index contributed by atoms with van der Waals surface area (Å²) in [6.07, 6.45) is 6.46. The summed E-state index contributed by atoms with van der Waals surface area (Å²) in [6, 6.07) is 11.6. The number of nitrogens with zero attached hydrogens (tertiary/aromatic N) is 2. The Morgan fingerprint density at radius 2 is 1.73 bits per heavy atom. The Morgan fingerprint density at radius 3 is 2.33 bits per heavy atom. The molecule has 1 saturated carbocycles. The van der Waals surface area contributed by atoms with Crippen LogP contribution < -0.4 is 9.47 Å². The van der Waals surface area contributed by atoms with Crippen molar-refractivity contribution in [2.24, 2.45) is 28.8 Å². The molecule has 3 aliphatic rings. The molecule has 2 bridgehead atoms. The number of amides is 2. The molecule has 4 atom stereocenters. The minimum Gasteiger partial charge on any atom is -0.493 e. The molecule has 168 valence electrons. The van der Waals surface area contributed by atoms with E-state index in [9.17, 15) is 14.4 Å². The summed E-state index contributed by atoms with van der Waals surface area (Å²) in [4.78, 5) is 36.4. The maximum Gasteiger partial charge on any atom is 0.335 e. The highest BCUT2D eigenvalue weighted by atomic mass is 16.5. The van der Waals surface area contributed by atoms with Gasteiger partial charge in [0.25, 0.3) is 11.8 Å². The summed E-state index contributed by atoms with van der Waals surface area (Å²) in [5.74, 6) is -0.716. The quantitative estimate of drug-likeness (QED) is 0.398. The topological polar surface area (TPSA) is 106 Å². The second-order valence-corrected chi connectivity index (χ2v) is 8.43. The number of ether oxygens (including phenoxy) is 2. The van der Waals surface area contributed by atoms with Crippen molar-refractivity contribution in [1.29, 1.82) is 0 Å². The molecule has 0 aromatic heterocycles. The van der Waals surface area contributed by atoms with Gasteiger partial charge in [-0.25, -0.2) is 4.79 Å². The number of aromatic carboxylic acids is 1. The standard InChI is InChI=1S/C25H22N2O6/c1-32-20-10-15(4-9-19(20)33-13-14-2-5-16(6-3-14)25(30)31)12-26-27-23(28)21-17-7-8-18(11-17)22(21)24(27)29/h2-10,12,17-18,21-22H,11,13H2,1H3,(H,30,31). The van der Waals surface area contributed by atoms with Gasteiger partial charge in [-0.2, -0.15) is 10.1 Å². The molecule has 1 heterocycles. The Morgan fingerprint density at radius 1 is 1.06 bits per heavy atom. The number of hydrogen-bond donors (Lipinski definition) is 1.